The van der Waals surface area contributed by atoms with Gasteiger partial charge in [-0.2, -0.15) is 13.2 Å². The van der Waals surface area contributed by atoms with Crippen LogP contribution in [0.4, 0.5) is 19.0 Å². The van der Waals surface area contributed by atoms with Gasteiger partial charge < -0.3 is 15.6 Å². The number of nitrogens with zero attached hydrogens (tertiary/aromatic N) is 3. The average molecular weight is 422 g/mol. The number of hydrogen-bond acceptors (Lipinski definition) is 5. The van der Waals surface area contributed by atoms with E-state index in [-0.39, 0.29) is 6.42 Å². The number of H-pyrrole nitrogens is 1. The molecule has 0 saturated heterocycles. The lowest BCUT2D eigenvalue weighted by atomic mass is 9.97. The number of pyridine rings is 1. The number of nitrogens with one attached hydrogen (secondary N) is 3. The van der Waals surface area contributed by atoms with Gasteiger partial charge in [0.2, 0.25) is 5.91 Å². The minimum Gasteiger partial charge on any atom is -0.356 e. The number of aromatic nitrogens is 4. The number of aromatic amines is 1. The monoisotopic (exact) mass is 422 g/mol. The molecule has 3 aromatic rings. The van der Waals surface area contributed by atoms with Gasteiger partial charge in [0.15, 0.2) is 5.82 Å². The Morgan fingerprint density at radius 2 is 1.90 bits per heavy atom. The summed E-state index contributed by atoms with van der Waals surface area (Å²) in [5, 5.41) is 5.69. The van der Waals surface area contributed by atoms with Crippen LogP contribution in [0.2, 0.25) is 0 Å². The Bertz CT molecular complexity index is 988. The smallest absolute Gasteiger partial charge is 0.356 e. The fraction of sp³-hybridized carbons (Fsp3) is 0.400. The van der Waals surface area contributed by atoms with Gasteiger partial charge in [0, 0.05) is 29.5 Å². The van der Waals surface area contributed by atoms with Crippen LogP contribution in [0, 0.1) is 0 Å². The summed E-state index contributed by atoms with van der Waals surface area (Å²) in [6.07, 6.45) is 0.686. The van der Waals surface area contributed by atoms with Crippen molar-refractivity contribution in [2.75, 3.05) is 11.9 Å². The molecule has 3 heterocycles. The van der Waals surface area contributed by atoms with Gasteiger partial charge in [-0.15, -0.1) is 0 Å². The highest BCUT2D eigenvalue weighted by atomic mass is 19.4. The highest BCUT2D eigenvalue weighted by Crippen LogP contribution is 2.26. The maximum atomic E-state index is 12.4. The van der Waals surface area contributed by atoms with Crippen molar-refractivity contribution in [3.05, 3.63) is 36.8 Å². The number of carbonyl (C=O) groups is 1. The zero-order chi connectivity index (χ0) is 22.4. The highest BCUT2D eigenvalue weighted by Gasteiger charge is 2.35. The topological polar surface area (TPSA) is 95.6 Å². The third-order valence-electron chi connectivity index (χ3n) is 4.41. The highest BCUT2D eigenvalue weighted by molar-refractivity contribution is 5.92. The van der Waals surface area contributed by atoms with Gasteiger partial charge in [-0.05, 0) is 31.5 Å². The van der Waals surface area contributed by atoms with Crippen LogP contribution in [0.3, 0.4) is 0 Å². The lowest BCUT2D eigenvalue weighted by molar-refractivity contribution is -0.140. The molecule has 0 radical (unpaired) electrons. The summed E-state index contributed by atoms with van der Waals surface area (Å²) in [5.41, 5.74) is 0.148. The Labute approximate surface area is 172 Å². The minimum atomic E-state index is -4.48. The predicted octanol–water partition coefficient (Wildman–Crippen LogP) is 4.31. The second-order valence-corrected chi connectivity index (χ2v) is 6.48. The quantitative estimate of drug-likeness (QED) is 0.550. The van der Waals surface area contributed by atoms with Crippen LogP contribution in [0.15, 0.2) is 36.8 Å². The number of hydrogen-bond donors (Lipinski definition) is 3. The summed E-state index contributed by atoms with van der Waals surface area (Å²) < 4.78 is 37.2. The lowest BCUT2D eigenvalue weighted by Crippen LogP contribution is -2.52. The van der Waals surface area contributed by atoms with Crippen molar-refractivity contribution in [1.29, 1.82) is 0 Å². The molecule has 162 valence electrons. The molecule has 0 bridgehead atoms. The fourth-order valence-electron chi connectivity index (χ4n) is 2.66. The van der Waals surface area contributed by atoms with Gasteiger partial charge >= 0.3 is 6.18 Å². The second-order valence-electron chi connectivity index (χ2n) is 6.48. The molecular formula is C20H25F3N6O. The molecule has 1 unspecified atom stereocenters. The Kier molecular flexibility index (Phi) is 7.36. The summed E-state index contributed by atoms with van der Waals surface area (Å²) in [4.78, 5) is 28.2. The maximum Gasteiger partial charge on any atom is 0.405 e. The standard InChI is InChI=1S/C18H19F3N6O.C2H6/c1-3-17(2,16(28)25-10-18(19,20)21)27-13-6-8-23-15(26-13)12-9-24-14-11(12)5-4-7-22-14;1-2/h4-9H,3,10H2,1-2H3,(H,22,24)(H,25,28)(H,23,26,27);1-2H3. The molecule has 0 saturated carbocycles. The molecule has 0 fully saturated rings. The number of fused-ring (bicyclic) bond motifs is 1. The van der Waals surface area contributed by atoms with E-state index in [1.807, 2.05) is 25.2 Å². The number of rotatable bonds is 6. The van der Waals surface area contributed by atoms with Crippen LogP contribution in [0.1, 0.15) is 34.1 Å². The molecule has 1 atom stereocenters. The number of halogens is 3. The van der Waals surface area contributed by atoms with E-state index in [2.05, 4.69) is 25.3 Å². The third-order valence-corrected chi connectivity index (χ3v) is 4.41. The van der Waals surface area contributed by atoms with E-state index in [0.717, 1.165) is 10.9 Å². The van der Waals surface area contributed by atoms with E-state index in [1.165, 1.54) is 13.1 Å². The fourth-order valence-corrected chi connectivity index (χ4v) is 2.66. The number of carbonyl (C=O) groups excluding carboxylic acids is 1. The van der Waals surface area contributed by atoms with E-state index in [9.17, 15) is 18.0 Å². The SMILES string of the molecule is CC.CCC(C)(Nc1ccnc(-c2c[nH]c3ncccc23)n1)C(=O)NCC(F)(F)F. The van der Waals surface area contributed by atoms with Crippen molar-refractivity contribution >= 4 is 22.8 Å². The summed E-state index contributed by atoms with van der Waals surface area (Å²) in [6.45, 7) is 5.84. The number of anilines is 1. The lowest BCUT2D eigenvalue weighted by Gasteiger charge is -2.29. The van der Waals surface area contributed by atoms with Gasteiger partial charge in [-0.25, -0.2) is 15.0 Å². The van der Waals surface area contributed by atoms with Crippen molar-refractivity contribution in [2.45, 2.75) is 45.8 Å². The van der Waals surface area contributed by atoms with Gasteiger partial charge in [0.25, 0.3) is 0 Å². The Hall–Kier alpha value is -3.17. The number of alkyl halides is 3. The number of amides is 1. The van der Waals surface area contributed by atoms with Gasteiger partial charge in [0.05, 0.1) is 0 Å². The van der Waals surface area contributed by atoms with E-state index < -0.39 is 24.2 Å². The zero-order valence-corrected chi connectivity index (χ0v) is 17.3. The molecule has 7 nitrogen and oxygen atoms in total. The molecule has 0 aliphatic heterocycles. The van der Waals surface area contributed by atoms with Crippen LogP contribution < -0.4 is 10.6 Å². The largest absolute Gasteiger partial charge is 0.405 e. The molecule has 0 spiro atoms. The van der Waals surface area contributed by atoms with Crippen molar-refractivity contribution in [3.8, 4) is 11.4 Å². The second kappa shape index (κ2) is 9.55. The van der Waals surface area contributed by atoms with Crippen molar-refractivity contribution < 1.29 is 18.0 Å². The average Bonchev–Trinajstić information content (AvgIpc) is 3.17. The Morgan fingerprint density at radius 1 is 1.17 bits per heavy atom. The van der Waals surface area contributed by atoms with E-state index in [1.54, 1.807) is 31.5 Å². The first-order valence-corrected chi connectivity index (χ1v) is 9.60. The zero-order valence-electron chi connectivity index (χ0n) is 17.3. The van der Waals surface area contributed by atoms with Crippen LogP contribution in [0.5, 0.6) is 0 Å². The van der Waals surface area contributed by atoms with E-state index >= 15 is 0 Å². The summed E-state index contributed by atoms with van der Waals surface area (Å²) in [7, 11) is 0. The van der Waals surface area contributed by atoms with E-state index in [4.69, 9.17) is 0 Å². The van der Waals surface area contributed by atoms with E-state index in [0.29, 0.717) is 17.3 Å². The predicted molar refractivity (Wildman–Crippen MR) is 110 cm³/mol. The molecule has 10 heteroatoms. The van der Waals surface area contributed by atoms with Crippen LogP contribution in [0.25, 0.3) is 22.4 Å². The molecule has 1 amide bonds. The first-order chi connectivity index (χ1) is 14.2. The normalized spacial score (nSPS) is 13.2. The summed E-state index contributed by atoms with van der Waals surface area (Å²) in [6, 6.07) is 5.22. The first-order valence-electron chi connectivity index (χ1n) is 9.60. The minimum absolute atomic E-state index is 0.257. The molecule has 3 aromatic heterocycles. The Balaban J connectivity index is 0.00000155. The molecule has 30 heavy (non-hydrogen) atoms. The van der Waals surface area contributed by atoms with Crippen LogP contribution in [-0.4, -0.2) is 44.1 Å². The first kappa shape index (κ1) is 23.1. The summed E-state index contributed by atoms with van der Waals surface area (Å²) >= 11 is 0. The van der Waals surface area contributed by atoms with Gasteiger partial charge in [-0.1, -0.05) is 20.8 Å². The van der Waals surface area contributed by atoms with Crippen molar-refractivity contribution in [3.63, 3.8) is 0 Å². The molecule has 3 rings (SSSR count). The molecule has 0 aromatic carbocycles. The van der Waals surface area contributed by atoms with Crippen molar-refractivity contribution in [1.82, 2.24) is 25.3 Å². The molecule has 3 N–H and O–H groups in total. The molecule has 0 aliphatic carbocycles. The van der Waals surface area contributed by atoms with Gasteiger partial charge in [-0.3, -0.25) is 4.79 Å². The van der Waals surface area contributed by atoms with Gasteiger partial charge in [0.1, 0.15) is 23.5 Å². The summed E-state index contributed by atoms with van der Waals surface area (Å²) in [5.74, 6) is -0.0306. The van der Waals surface area contributed by atoms with Crippen molar-refractivity contribution in [2.24, 2.45) is 0 Å². The maximum absolute atomic E-state index is 12.4. The van der Waals surface area contributed by atoms with Crippen LogP contribution in [-0.2, 0) is 4.79 Å². The molecule has 0 aliphatic rings. The molecular weight excluding hydrogens is 397 g/mol. The third kappa shape index (κ3) is 5.46. The van der Waals surface area contributed by atoms with Crippen LogP contribution >= 0.6 is 0 Å². The Morgan fingerprint density at radius 3 is 2.57 bits per heavy atom.